The van der Waals surface area contributed by atoms with Gasteiger partial charge in [-0.05, 0) is 51.3 Å². The fourth-order valence-corrected chi connectivity index (χ4v) is 3.64. The molecule has 4 rings (SSSR count). The molecule has 5 heteroatoms. The fraction of sp³-hybridized carbons (Fsp3) is 0.750. The number of fused-ring (bicyclic) bond motifs is 1. The van der Waals surface area contributed by atoms with Gasteiger partial charge in [-0.2, -0.15) is 5.10 Å². The molecular formula is C16H25N5. The van der Waals surface area contributed by atoms with E-state index in [1.807, 2.05) is 0 Å². The van der Waals surface area contributed by atoms with Gasteiger partial charge in [-0.25, -0.2) is 0 Å². The Balaban J connectivity index is 1.42. The summed E-state index contributed by atoms with van der Waals surface area (Å²) in [6.07, 6.45) is 5.31. The van der Waals surface area contributed by atoms with E-state index in [1.165, 1.54) is 32.2 Å². The Labute approximate surface area is 126 Å². The molecule has 0 radical (unpaired) electrons. The van der Waals surface area contributed by atoms with Gasteiger partial charge < -0.3 is 10.2 Å². The van der Waals surface area contributed by atoms with Crippen LogP contribution in [0.4, 0.5) is 5.82 Å². The second kappa shape index (κ2) is 5.54. The number of rotatable bonds is 4. The molecular weight excluding hydrogens is 262 g/mol. The Morgan fingerprint density at radius 2 is 2.10 bits per heavy atom. The minimum absolute atomic E-state index is 0.532. The minimum Gasteiger partial charge on any atom is -0.350 e. The standard InChI is InChI=1S/C16H25N5/c1-12-10-20-8-2-3-15(20)11-21(12)16-7-6-14(18-19-16)9-17-13-4-5-13/h6-7,12-13,15,17H,2-5,8-11H2,1H3. The first-order chi connectivity index (χ1) is 10.3. The molecule has 3 aliphatic rings. The van der Waals surface area contributed by atoms with Crippen LogP contribution in [0.3, 0.4) is 0 Å². The van der Waals surface area contributed by atoms with Crippen LogP contribution in [0, 0.1) is 0 Å². The third-order valence-corrected chi connectivity index (χ3v) is 5.09. The summed E-state index contributed by atoms with van der Waals surface area (Å²) in [6.45, 7) is 6.70. The van der Waals surface area contributed by atoms with Crippen molar-refractivity contribution in [3.05, 3.63) is 17.8 Å². The van der Waals surface area contributed by atoms with E-state index < -0.39 is 0 Å². The predicted octanol–water partition coefficient (Wildman–Crippen LogP) is 1.40. The van der Waals surface area contributed by atoms with Gasteiger partial charge in [0.05, 0.1) is 5.69 Å². The topological polar surface area (TPSA) is 44.3 Å². The molecule has 0 bridgehead atoms. The highest BCUT2D eigenvalue weighted by Crippen LogP contribution is 2.27. The Morgan fingerprint density at radius 3 is 2.86 bits per heavy atom. The van der Waals surface area contributed by atoms with Crippen LogP contribution in [-0.4, -0.2) is 52.9 Å². The summed E-state index contributed by atoms with van der Waals surface area (Å²) in [7, 11) is 0. The SMILES string of the molecule is CC1CN2CCCC2CN1c1ccc(CNC2CC2)nn1. The highest BCUT2D eigenvalue weighted by Gasteiger charge is 2.34. The number of nitrogens with zero attached hydrogens (tertiary/aromatic N) is 4. The minimum atomic E-state index is 0.532. The molecule has 1 N–H and O–H groups in total. The molecule has 2 atom stereocenters. The second-order valence-electron chi connectivity index (χ2n) is 6.83. The van der Waals surface area contributed by atoms with Crippen molar-refractivity contribution in [2.24, 2.45) is 0 Å². The molecule has 114 valence electrons. The molecule has 3 heterocycles. The van der Waals surface area contributed by atoms with Crippen LogP contribution in [0.25, 0.3) is 0 Å². The van der Waals surface area contributed by atoms with Crippen LogP contribution in [0.5, 0.6) is 0 Å². The van der Waals surface area contributed by atoms with Gasteiger partial charge >= 0.3 is 0 Å². The van der Waals surface area contributed by atoms with E-state index in [2.05, 4.69) is 44.4 Å². The van der Waals surface area contributed by atoms with Crippen molar-refractivity contribution in [3.8, 4) is 0 Å². The third-order valence-electron chi connectivity index (χ3n) is 5.09. The summed E-state index contributed by atoms with van der Waals surface area (Å²) in [5.41, 5.74) is 1.05. The first kappa shape index (κ1) is 13.5. The number of hydrogen-bond donors (Lipinski definition) is 1. The molecule has 0 spiro atoms. The van der Waals surface area contributed by atoms with Gasteiger partial charge in [0.1, 0.15) is 0 Å². The molecule has 5 nitrogen and oxygen atoms in total. The summed E-state index contributed by atoms with van der Waals surface area (Å²) in [5.74, 6) is 1.05. The Morgan fingerprint density at radius 1 is 1.19 bits per heavy atom. The number of hydrogen-bond acceptors (Lipinski definition) is 5. The van der Waals surface area contributed by atoms with Crippen molar-refractivity contribution in [2.75, 3.05) is 24.5 Å². The van der Waals surface area contributed by atoms with Crippen molar-refractivity contribution in [2.45, 2.75) is 57.3 Å². The van der Waals surface area contributed by atoms with E-state index in [0.717, 1.165) is 43.2 Å². The summed E-state index contributed by atoms with van der Waals surface area (Å²) in [4.78, 5) is 5.08. The van der Waals surface area contributed by atoms with Crippen molar-refractivity contribution >= 4 is 5.82 Å². The lowest BCUT2D eigenvalue weighted by Gasteiger charge is -2.42. The summed E-state index contributed by atoms with van der Waals surface area (Å²) >= 11 is 0. The van der Waals surface area contributed by atoms with Crippen LogP contribution >= 0.6 is 0 Å². The highest BCUT2D eigenvalue weighted by atomic mass is 15.4. The smallest absolute Gasteiger partial charge is 0.151 e. The van der Waals surface area contributed by atoms with E-state index in [1.54, 1.807) is 0 Å². The zero-order chi connectivity index (χ0) is 14.2. The van der Waals surface area contributed by atoms with Gasteiger partial charge in [-0.3, -0.25) is 4.90 Å². The van der Waals surface area contributed by atoms with E-state index >= 15 is 0 Å². The molecule has 1 aromatic rings. The Hall–Kier alpha value is -1.20. The Bertz CT molecular complexity index is 484. The van der Waals surface area contributed by atoms with Gasteiger partial charge in [0.2, 0.25) is 0 Å². The van der Waals surface area contributed by atoms with Crippen LogP contribution in [0.15, 0.2) is 12.1 Å². The van der Waals surface area contributed by atoms with Gasteiger partial charge in [0, 0.05) is 37.8 Å². The second-order valence-corrected chi connectivity index (χ2v) is 6.83. The summed E-state index contributed by atoms with van der Waals surface area (Å²) in [5, 5.41) is 12.4. The molecule has 0 amide bonds. The first-order valence-corrected chi connectivity index (χ1v) is 8.36. The quantitative estimate of drug-likeness (QED) is 0.907. The van der Waals surface area contributed by atoms with Gasteiger partial charge in [0.25, 0.3) is 0 Å². The molecule has 2 saturated heterocycles. The molecule has 2 unspecified atom stereocenters. The number of piperazine rings is 1. The maximum atomic E-state index is 4.48. The fourth-order valence-electron chi connectivity index (χ4n) is 3.64. The lowest BCUT2D eigenvalue weighted by molar-refractivity contribution is 0.202. The zero-order valence-corrected chi connectivity index (χ0v) is 12.8. The van der Waals surface area contributed by atoms with E-state index in [0.29, 0.717) is 6.04 Å². The van der Waals surface area contributed by atoms with Crippen LogP contribution in [-0.2, 0) is 6.54 Å². The highest BCUT2D eigenvalue weighted by molar-refractivity contribution is 5.40. The van der Waals surface area contributed by atoms with Gasteiger partial charge in [-0.1, -0.05) is 0 Å². The Kier molecular flexibility index (Phi) is 3.55. The normalized spacial score (nSPS) is 29.7. The molecule has 1 aliphatic carbocycles. The lowest BCUT2D eigenvalue weighted by atomic mass is 10.1. The monoisotopic (exact) mass is 287 g/mol. The van der Waals surface area contributed by atoms with Crippen LogP contribution in [0.1, 0.15) is 38.3 Å². The van der Waals surface area contributed by atoms with E-state index in [9.17, 15) is 0 Å². The van der Waals surface area contributed by atoms with E-state index in [4.69, 9.17) is 0 Å². The lowest BCUT2D eigenvalue weighted by Crippen LogP contribution is -2.55. The summed E-state index contributed by atoms with van der Waals surface area (Å²) < 4.78 is 0. The van der Waals surface area contributed by atoms with Crippen molar-refractivity contribution in [3.63, 3.8) is 0 Å². The van der Waals surface area contributed by atoms with Crippen LogP contribution < -0.4 is 10.2 Å². The average molecular weight is 287 g/mol. The molecule has 3 fully saturated rings. The van der Waals surface area contributed by atoms with Crippen molar-refractivity contribution < 1.29 is 0 Å². The molecule has 0 aromatic carbocycles. The maximum Gasteiger partial charge on any atom is 0.151 e. The first-order valence-electron chi connectivity index (χ1n) is 8.36. The third kappa shape index (κ3) is 2.90. The number of aromatic nitrogens is 2. The molecule has 1 aromatic heterocycles. The van der Waals surface area contributed by atoms with Gasteiger partial charge in [0.15, 0.2) is 5.82 Å². The number of nitrogens with one attached hydrogen (secondary N) is 1. The molecule has 1 saturated carbocycles. The average Bonchev–Trinajstić information content (AvgIpc) is 3.23. The number of anilines is 1. The zero-order valence-electron chi connectivity index (χ0n) is 12.8. The predicted molar refractivity (Wildman–Crippen MR) is 83.3 cm³/mol. The van der Waals surface area contributed by atoms with Gasteiger partial charge in [-0.15, -0.1) is 5.10 Å². The molecule has 21 heavy (non-hydrogen) atoms. The largest absolute Gasteiger partial charge is 0.350 e. The van der Waals surface area contributed by atoms with Crippen LogP contribution in [0.2, 0.25) is 0 Å². The molecule has 2 aliphatic heterocycles. The van der Waals surface area contributed by atoms with Crippen molar-refractivity contribution in [1.82, 2.24) is 20.4 Å². The summed E-state index contributed by atoms with van der Waals surface area (Å²) in [6, 6.07) is 6.26. The van der Waals surface area contributed by atoms with E-state index in [-0.39, 0.29) is 0 Å². The van der Waals surface area contributed by atoms with Crippen molar-refractivity contribution in [1.29, 1.82) is 0 Å². The maximum absolute atomic E-state index is 4.48.